The van der Waals surface area contributed by atoms with E-state index in [0.717, 1.165) is 4.47 Å². The molecule has 8 nitrogen and oxygen atoms in total. The number of ether oxygens (including phenoxy) is 1. The van der Waals surface area contributed by atoms with Crippen LogP contribution in [-0.4, -0.2) is 28.6 Å². The van der Waals surface area contributed by atoms with Crippen LogP contribution in [0.25, 0.3) is 22.6 Å². The van der Waals surface area contributed by atoms with Crippen molar-refractivity contribution in [1.82, 2.24) is 4.57 Å². The van der Waals surface area contributed by atoms with Crippen LogP contribution < -0.4 is 39.2 Å². The molecule has 0 amide bonds. The smallest absolute Gasteiger partial charge is 0.779 e. The van der Waals surface area contributed by atoms with E-state index < -0.39 is 13.8 Å². The summed E-state index contributed by atoms with van der Waals surface area (Å²) in [4.78, 5) is 32.7. The van der Waals surface area contributed by atoms with Gasteiger partial charge in [-0.3, -0.25) is 9.36 Å². The number of nitrogens with zero attached hydrogens (tertiary/aromatic N) is 3. The summed E-state index contributed by atoms with van der Waals surface area (Å²) in [6.45, 7) is 0. The van der Waals surface area contributed by atoms with Crippen molar-refractivity contribution >= 4 is 52.0 Å². The number of carbonyl (C=O) groups is 1. The number of methoxy groups -OCH3 is 1. The Morgan fingerprint density at radius 3 is 2.65 bits per heavy atom. The van der Waals surface area contributed by atoms with Gasteiger partial charge < -0.3 is 19.1 Å². The van der Waals surface area contributed by atoms with Crippen LogP contribution in [0.5, 0.6) is 5.75 Å². The molecule has 168 valence electrons. The molecule has 0 saturated heterocycles. The molecular formula is C23H18BrN3NaO5P. The van der Waals surface area contributed by atoms with Crippen LogP contribution in [0.4, 0.5) is 0 Å². The van der Waals surface area contributed by atoms with E-state index in [2.05, 4.69) is 28.1 Å². The zero-order chi connectivity index (χ0) is 24.2. The van der Waals surface area contributed by atoms with E-state index in [1.54, 1.807) is 42.5 Å². The zero-order valence-corrected chi connectivity index (χ0v) is 23.0. The number of nitriles is 2. The summed E-state index contributed by atoms with van der Waals surface area (Å²) in [5.74, 6) is 0.108. The summed E-state index contributed by atoms with van der Waals surface area (Å²) >= 11 is 3.41. The largest absolute Gasteiger partial charge is 1.00 e. The first-order valence-corrected chi connectivity index (χ1v) is 12.3. The van der Waals surface area contributed by atoms with Gasteiger partial charge in [-0.15, -0.1) is 0 Å². The number of halogens is 1. The van der Waals surface area contributed by atoms with Gasteiger partial charge in [0.2, 0.25) is 5.91 Å². The molecule has 0 radical (unpaired) electrons. The van der Waals surface area contributed by atoms with Crippen LogP contribution in [-0.2, 0) is 4.57 Å². The molecule has 0 aliphatic rings. The molecule has 1 heterocycles. The van der Waals surface area contributed by atoms with Gasteiger partial charge in [0, 0.05) is 39.8 Å². The minimum atomic E-state index is -4.44. The molecule has 0 saturated carbocycles. The Bertz CT molecular complexity index is 1400. The number of carbonyl (C=O) groups excluding carboxylic acids is 1. The number of hydrogen-bond acceptors (Lipinski definition) is 6. The molecule has 1 N–H and O–H groups in total. The quantitative estimate of drug-likeness (QED) is 0.266. The van der Waals surface area contributed by atoms with E-state index >= 15 is 0 Å². The molecule has 1 unspecified atom stereocenters. The van der Waals surface area contributed by atoms with Crippen molar-refractivity contribution in [2.24, 2.45) is 0 Å². The molecule has 0 aliphatic heterocycles. The van der Waals surface area contributed by atoms with Gasteiger partial charge in [0.25, 0.3) is 0 Å². The average molecular weight is 550 g/mol. The molecule has 0 spiro atoms. The Morgan fingerprint density at radius 1 is 1.29 bits per heavy atom. The molecule has 0 fully saturated rings. The van der Waals surface area contributed by atoms with E-state index in [0.29, 0.717) is 33.3 Å². The maximum Gasteiger partial charge on any atom is 1.00 e. The zero-order valence-electron chi connectivity index (χ0n) is 18.5. The first kappa shape index (κ1) is 28.0. The Balaban J connectivity index is 0.00000408. The average Bonchev–Trinajstić information content (AvgIpc) is 3.14. The van der Waals surface area contributed by atoms with E-state index in [-0.39, 0.29) is 53.9 Å². The third-order valence-corrected chi connectivity index (χ3v) is 6.31. The number of aromatic nitrogens is 1. The van der Waals surface area contributed by atoms with Gasteiger partial charge in [-0.25, -0.2) is 0 Å². The second kappa shape index (κ2) is 12.0. The van der Waals surface area contributed by atoms with Gasteiger partial charge in [0.15, 0.2) is 0 Å². The molecule has 1 atom stereocenters. The molecule has 0 bridgehead atoms. The number of fused-ring (bicyclic) bond motifs is 1. The van der Waals surface area contributed by atoms with Crippen molar-refractivity contribution in [1.29, 1.82) is 10.5 Å². The number of rotatable bonds is 7. The minimum Gasteiger partial charge on any atom is -0.779 e. The van der Waals surface area contributed by atoms with E-state index in [1.807, 2.05) is 0 Å². The van der Waals surface area contributed by atoms with Gasteiger partial charge in [-0.05, 0) is 48.9 Å². The van der Waals surface area contributed by atoms with Gasteiger partial charge in [0.05, 0.1) is 35.9 Å². The third kappa shape index (κ3) is 6.69. The van der Waals surface area contributed by atoms with Crippen LogP contribution >= 0.6 is 23.5 Å². The van der Waals surface area contributed by atoms with Crippen LogP contribution in [0.1, 0.15) is 34.3 Å². The summed E-state index contributed by atoms with van der Waals surface area (Å²) in [7, 11) is -2.96. The van der Waals surface area contributed by atoms with Crippen molar-refractivity contribution in [2.45, 2.75) is 12.8 Å². The number of hydrogen-bond donors (Lipinski definition) is 1. The summed E-state index contributed by atoms with van der Waals surface area (Å²) < 4.78 is 18.5. The summed E-state index contributed by atoms with van der Waals surface area (Å²) in [5, 5.41) is 19.8. The van der Waals surface area contributed by atoms with Gasteiger partial charge in [0.1, 0.15) is 13.3 Å². The molecule has 34 heavy (non-hydrogen) atoms. The van der Waals surface area contributed by atoms with Crippen LogP contribution in [0.15, 0.2) is 47.1 Å². The van der Waals surface area contributed by atoms with Crippen molar-refractivity contribution in [3.63, 3.8) is 0 Å². The number of benzene rings is 2. The summed E-state index contributed by atoms with van der Waals surface area (Å²) in [6, 6.07) is 14.3. The number of allylic oxidation sites excluding steroid dienone is 1. The van der Waals surface area contributed by atoms with Crippen LogP contribution in [0.3, 0.4) is 0 Å². The van der Waals surface area contributed by atoms with Crippen LogP contribution in [0, 0.1) is 22.7 Å². The van der Waals surface area contributed by atoms with Crippen molar-refractivity contribution < 1.29 is 53.4 Å². The van der Waals surface area contributed by atoms with Crippen molar-refractivity contribution in [3.05, 3.63) is 63.8 Å². The third-order valence-electron chi connectivity index (χ3n) is 4.94. The van der Waals surface area contributed by atoms with Crippen molar-refractivity contribution in [2.75, 3.05) is 13.3 Å². The fraction of sp³-hybridized carbons (Fsp3) is 0.174. The van der Waals surface area contributed by atoms with Crippen LogP contribution in [0.2, 0.25) is 0 Å². The topological polar surface area (TPSA) is 139 Å². The normalized spacial score (nSPS) is 12.8. The molecule has 3 aromatic rings. The minimum absolute atomic E-state index is 0. The van der Waals surface area contributed by atoms with Crippen molar-refractivity contribution in [3.8, 4) is 17.9 Å². The van der Waals surface area contributed by atoms with Gasteiger partial charge in [-0.1, -0.05) is 15.9 Å². The predicted molar refractivity (Wildman–Crippen MR) is 125 cm³/mol. The fourth-order valence-electron chi connectivity index (χ4n) is 3.42. The van der Waals surface area contributed by atoms with Gasteiger partial charge in [-0.2, -0.15) is 10.5 Å². The fourth-order valence-corrected chi connectivity index (χ4v) is 4.34. The van der Waals surface area contributed by atoms with E-state index in [4.69, 9.17) is 9.63 Å². The summed E-state index contributed by atoms with van der Waals surface area (Å²) in [5.41, 5.74) is 2.22. The molecule has 1 aromatic heterocycles. The monoisotopic (exact) mass is 549 g/mol. The summed E-state index contributed by atoms with van der Waals surface area (Å²) in [6.07, 6.45) is 2.50. The Morgan fingerprint density at radius 2 is 2.03 bits per heavy atom. The standard InChI is InChI=1S/C23H19BrN3O5P.Na/c1-32-22-7-4-15(12-25)9-16(22)10-17(13-26)20-14-27(21-6-5-18(24)11-19(20)21)23(28)3-2-8-33(29,30)31;/h4-7,9-11,14H,2-3,8H2,1H3,(H2,29,30,31);/q;+1/p-1/b17-10+;. The predicted octanol–water partition coefficient (Wildman–Crippen LogP) is 1.32. The molecular weight excluding hydrogens is 532 g/mol. The second-order valence-corrected chi connectivity index (χ2v) is 9.81. The Labute approximate surface area is 227 Å². The maximum atomic E-state index is 12.8. The Hall–Kier alpha value is -2.20. The molecule has 11 heteroatoms. The van der Waals surface area contributed by atoms with Gasteiger partial charge >= 0.3 is 29.6 Å². The molecule has 0 aliphatic carbocycles. The Kier molecular flexibility index (Phi) is 9.87. The first-order chi connectivity index (χ1) is 15.7. The molecule has 2 aromatic carbocycles. The van der Waals surface area contributed by atoms with E-state index in [1.165, 1.54) is 17.9 Å². The molecule has 3 rings (SSSR count). The van der Waals surface area contributed by atoms with E-state index in [9.17, 15) is 24.8 Å². The second-order valence-electron chi connectivity index (χ2n) is 7.17. The first-order valence-electron chi connectivity index (χ1n) is 9.74. The SMILES string of the molecule is COc1ccc(C#N)cc1/C=C(\C#N)c1cn(C(=O)CCCP(=O)([O-])O)c2ccc(Br)cc12.[Na+]. The maximum absolute atomic E-state index is 12.8.